The first-order valence-electron chi connectivity index (χ1n) is 38.2. The third kappa shape index (κ3) is 23.2. The van der Waals surface area contributed by atoms with Crippen molar-refractivity contribution in [1.29, 1.82) is 0 Å². The van der Waals surface area contributed by atoms with Gasteiger partial charge < -0.3 is 56.8 Å². The van der Waals surface area contributed by atoms with Crippen LogP contribution in [0, 0.1) is 0 Å². The minimum absolute atomic E-state index is 0.111. The third-order valence-corrected chi connectivity index (χ3v) is 18.8. The molecule has 6 aromatic carbocycles. The largest absolute Gasteiger partial charge is 0.481 e. The van der Waals surface area contributed by atoms with Crippen LogP contribution in [0.15, 0.2) is 72.8 Å². The lowest BCUT2D eigenvalue weighted by atomic mass is 9.78. The van der Waals surface area contributed by atoms with E-state index in [0.717, 1.165) is 38.9 Å². The lowest BCUT2D eigenvalue weighted by Gasteiger charge is -2.30. The van der Waals surface area contributed by atoms with Crippen molar-refractivity contribution in [2.45, 2.75) is 237 Å². The second kappa shape index (κ2) is 36.4. The van der Waals surface area contributed by atoms with Crippen LogP contribution in [-0.4, -0.2) is 115 Å². The first-order valence-corrected chi connectivity index (χ1v) is 38.2. The number of carbonyl (C=O) groups excluding carboxylic acids is 6. The number of ether oxygens (including phenoxy) is 12. The fourth-order valence-corrected chi connectivity index (χ4v) is 13.3. The van der Waals surface area contributed by atoms with Crippen molar-refractivity contribution < 1.29 is 85.6 Å². The first-order chi connectivity index (χ1) is 50.5. The Hall–Kier alpha value is -9.06. The van der Waals surface area contributed by atoms with Crippen LogP contribution in [0.1, 0.15) is 266 Å². The Morgan fingerprint density at radius 3 is 0.593 bits per heavy atom. The average molecular weight is 1490 g/mol. The predicted octanol–water partition coefficient (Wildman–Crippen LogP) is 17.0. The van der Waals surface area contributed by atoms with Crippen molar-refractivity contribution in [2.24, 2.45) is 0 Å². The van der Waals surface area contributed by atoms with Crippen LogP contribution in [-0.2, 0) is 128 Å². The molecule has 7 rings (SSSR count). The summed E-state index contributed by atoms with van der Waals surface area (Å²) < 4.78 is 75.2. The summed E-state index contributed by atoms with van der Waals surface area (Å²) >= 11 is 0. The predicted molar refractivity (Wildman–Crippen MR) is 420 cm³/mol. The standard InChI is InChI=1S/C90H120O18/c1-25-97-73(91)49-103-79-56-33-55-31-32-72(90(22,23)24)71(84(55)108-54-78(96)102-30-6)48-65-47-70(89(19,20)21)46-64(83(65)107-53-77(95)101-29-5)37-63-45-69(88(16,17)18)44-62(82(63)106-52-76(94)100-28-4)36-61-43-68(87(13,14)15)42-60(81(61)105-51-75(93)99-27-3)35-59-41-67(86(10,11)12)40-58(80(59)104-50-74(92)98-26-2)34-57(79)39-66(38-56)85(7,8)9/h31-32,38-47H,25-30,33-37,48-54H2,1-24H3. The van der Waals surface area contributed by atoms with E-state index >= 15 is 0 Å². The summed E-state index contributed by atoms with van der Waals surface area (Å²) in [4.78, 5) is 83.1. The fourth-order valence-electron chi connectivity index (χ4n) is 13.3. The number of hydrogen-bond acceptors (Lipinski definition) is 18. The molecule has 0 amide bonds. The molecular formula is C90H120O18. The third-order valence-electron chi connectivity index (χ3n) is 18.8. The van der Waals surface area contributed by atoms with E-state index in [1.54, 1.807) is 41.5 Å². The molecule has 0 spiro atoms. The van der Waals surface area contributed by atoms with E-state index in [4.69, 9.17) is 56.8 Å². The van der Waals surface area contributed by atoms with E-state index in [1.165, 1.54) is 0 Å². The van der Waals surface area contributed by atoms with Crippen LogP contribution in [0.4, 0.5) is 0 Å². The lowest BCUT2D eigenvalue weighted by molar-refractivity contribution is -0.146. The van der Waals surface area contributed by atoms with Gasteiger partial charge >= 0.3 is 35.8 Å². The SMILES string of the molecule is CCOC(=O)COc1c2cc(C(C)(C)C)cc1Cc1cc(C(C)(C)C)cc(c1OCC(=O)OCC)Cc1cc(C(C)(C)C)cc(c1OCC(=O)OCC)Cc1c(C(C)(C)C)ccc(c1OCC(=O)OCC)Cc1cc(C(C)(C)C)cc(c1OCC(=O)OCC)Cc1cc(C(C)(C)C)cc(c1OCC(=O)OCC)C2. The number of benzene rings is 6. The summed E-state index contributed by atoms with van der Waals surface area (Å²) in [6.07, 6.45) is 0.785. The van der Waals surface area contributed by atoms with Gasteiger partial charge in [-0.1, -0.05) is 197 Å². The van der Waals surface area contributed by atoms with Crippen LogP contribution < -0.4 is 28.4 Å². The Balaban J connectivity index is 1.81. The molecule has 12 bridgehead atoms. The number of hydrogen-bond donors (Lipinski definition) is 0. The highest BCUT2D eigenvalue weighted by molar-refractivity contribution is 5.75. The highest BCUT2D eigenvalue weighted by atomic mass is 16.6. The molecule has 0 fully saturated rings. The number of carbonyl (C=O) groups is 6. The van der Waals surface area contributed by atoms with Crippen LogP contribution >= 0.6 is 0 Å². The molecule has 0 radical (unpaired) electrons. The highest BCUT2D eigenvalue weighted by Crippen LogP contribution is 2.47. The maximum Gasteiger partial charge on any atom is 0.344 e. The van der Waals surface area contributed by atoms with E-state index in [-0.39, 0.29) is 78.2 Å². The van der Waals surface area contributed by atoms with Crippen molar-refractivity contribution in [2.75, 3.05) is 79.3 Å². The molecule has 0 aromatic heterocycles. The highest BCUT2D eigenvalue weighted by Gasteiger charge is 2.34. The van der Waals surface area contributed by atoms with Gasteiger partial charge in [0.1, 0.15) is 34.5 Å². The minimum Gasteiger partial charge on any atom is -0.481 e. The Kier molecular flexibility index (Phi) is 29.1. The molecular weight excluding hydrogens is 1370 g/mol. The Bertz CT molecular complexity index is 4200. The van der Waals surface area contributed by atoms with Crippen molar-refractivity contribution in [3.05, 3.63) is 173 Å². The molecule has 0 saturated heterocycles. The molecule has 0 heterocycles. The Morgan fingerprint density at radius 1 is 0.241 bits per heavy atom. The van der Waals surface area contributed by atoms with E-state index in [9.17, 15) is 28.8 Å². The van der Waals surface area contributed by atoms with Crippen molar-refractivity contribution >= 4 is 35.8 Å². The molecule has 0 unspecified atom stereocenters. The number of fused-ring (bicyclic) bond motifs is 12. The van der Waals surface area contributed by atoms with Gasteiger partial charge in [-0.2, -0.15) is 0 Å². The normalized spacial score (nSPS) is 12.9. The van der Waals surface area contributed by atoms with Crippen molar-refractivity contribution in [3.63, 3.8) is 0 Å². The topological polar surface area (TPSA) is 213 Å². The summed E-state index contributed by atoms with van der Waals surface area (Å²) in [6.45, 7) is 46.7. The van der Waals surface area contributed by atoms with Crippen LogP contribution in [0.5, 0.6) is 34.5 Å². The second-order valence-electron chi connectivity index (χ2n) is 33.8. The maximum absolute atomic E-state index is 13.9. The summed E-state index contributed by atoms with van der Waals surface area (Å²) in [5.74, 6) is -1.15. The molecule has 1 aliphatic rings. The van der Waals surface area contributed by atoms with Crippen LogP contribution in [0.2, 0.25) is 0 Å². The molecule has 0 aliphatic heterocycles. The number of esters is 6. The van der Waals surface area contributed by atoms with Gasteiger partial charge in [-0.15, -0.1) is 0 Å². The minimum atomic E-state index is -0.585. The molecule has 1 aliphatic carbocycles. The Morgan fingerprint density at radius 2 is 0.417 bits per heavy atom. The smallest absolute Gasteiger partial charge is 0.344 e. The van der Waals surface area contributed by atoms with Crippen LogP contribution in [0.25, 0.3) is 0 Å². The second-order valence-corrected chi connectivity index (χ2v) is 33.8. The molecule has 18 heteroatoms. The molecule has 108 heavy (non-hydrogen) atoms. The average Bonchev–Trinajstić information content (AvgIpc) is 0.765. The summed E-state index contributed by atoms with van der Waals surface area (Å²) in [5.41, 5.74) is 10.7. The molecule has 0 atom stereocenters. The summed E-state index contributed by atoms with van der Waals surface area (Å²) in [5, 5.41) is 0. The van der Waals surface area contributed by atoms with Gasteiger partial charge in [-0.3, -0.25) is 0 Å². The van der Waals surface area contributed by atoms with Gasteiger partial charge in [0.25, 0.3) is 0 Å². The zero-order valence-electron chi connectivity index (χ0n) is 69.0. The van der Waals surface area contributed by atoms with E-state index < -0.39 is 108 Å². The van der Waals surface area contributed by atoms with E-state index in [1.807, 2.05) is 6.07 Å². The molecule has 18 nitrogen and oxygen atoms in total. The summed E-state index contributed by atoms with van der Waals surface area (Å²) in [7, 11) is 0. The molecule has 0 saturated carbocycles. The first kappa shape index (κ1) is 86.2. The quantitative estimate of drug-likeness (QED) is 0.0406. The van der Waals surface area contributed by atoms with Crippen molar-refractivity contribution in [1.82, 2.24) is 0 Å². The molecule has 0 N–H and O–H groups in total. The van der Waals surface area contributed by atoms with Gasteiger partial charge in [0, 0.05) is 44.1 Å². The fraction of sp³-hybridized carbons (Fsp3) is 0.533. The van der Waals surface area contributed by atoms with Gasteiger partial charge in [0.05, 0.1) is 39.6 Å². The van der Waals surface area contributed by atoms with Gasteiger partial charge in [-0.05, 0) is 169 Å². The van der Waals surface area contributed by atoms with Crippen LogP contribution in [0.3, 0.4) is 0 Å². The van der Waals surface area contributed by atoms with Gasteiger partial charge in [-0.25, -0.2) is 28.8 Å². The van der Waals surface area contributed by atoms with Crippen molar-refractivity contribution in [3.8, 4) is 34.5 Å². The Labute approximate surface area is 642 Å². The molecule has 6 aromatic rings. The zero-order chi connectivity index (χ0) is 80.0. The van der Waals surface area contributed by atoms with E-state index in [0.29, 0.717) is 95.7 Å². The van der Waals surface area contributed by atoms with Gasteiger partial charge in [0.15, 0.2) is 39.6 Å². The van der Waals surface area contributed by atoms with E-state index in [2.05, 4.69) is 191 Å². The summed E-state index contributed by atoms with van der Waals surface area (Å²) in [6, 6.07) is 25.1. The van der Waals surface area contributed by atoms with Gasteiger partial charge in [0.2, 0.25) is 0 Å². The zero-order valence-corrected chi connectivity index (χ0v) is 69.0. The maximum atomic E-state index is 13.9. The monoisotopic (exact) mass is 1490 g/mol. The number of rotatable bonds is 24. The lowest BCUT2D eigenvalue weighted by Crippen LogP contribution is -2.22. The molecule has 588 valence electrons.